The first-order valence-corrected chi connectivity index (χ1v) is 11.3. The minimum atomic E-state index is -0.118. The molecule has 2 saturated heterocycles. The van der Waals surface area contributed by atoms with Crippen molar-refractivity contribution in [3.63, 3.8) is 0 Å². The molecule has 1 amide bonds. The summed E-state index contributed by atoms with van der Waals surface area (Å²) in [4.78, 5) is 26.6. The molecule has 0 N–H and O–H groups in total. The third-order valence-corrected chi connectivity index (χ3v) is 6.56. The van der Waals surface area contributed by atoms with Gasteiger partial charge in [-0.3, -0.25) is 4.79 Å². The summed E-state index contributed by atoms with van der Waals surface area (Å²) in [5.41, 5.74) is 3.60. The number of carbonyl (C=O) groups is 1. The van der Waals surface area contributed by atoms with Gasteiger partial charge in [0, 0.05) is 43.7 Å². The van der Waals surface area contributed by atoms with Gasteiger partial charge in [-0.1, -0.05) is 6.92 Å². The van der Waals surface area contributed by atoms with Crippen LogP contribution in [0, 0.1) is 24.2 Å². The van der Waals surface area contributed by atoms with E-state index in [-0.39, 0.29) is 11.9 Å². The zero-order valence-electron chi connectivity index (χ0n) is 18.5. The van der Waals surface area contributed by atoms with Crippen LogP contribution in [0.4, 0.5) is 5.82 Å². The molecule has 2 aliphatic heterocycles. The van der Waals surface area contributed by atoms with Crippen molar-refractivity contribution in [3.8, 4) is 6.07 Å². The lowest BCUT2D eigenvalue weighted by atomic mass is 9.99. The first kappa shape index (κ1) is 20.4. The summed E-state index contributed by atoms with van der Waals surface area (Å²) in [5, 5.41) is 13.8. The second-order valence-corrected chi connectivity index (χ2v) is 9.01. The van der Waals surface area contributed by atoms with Crippen LogP contribution >= 0.6 is 0 Å². The monoisotopic (exact) mass is 429 g/mol. The van der Waals surface area contributed by atoms with Crippen LogP contribution in [0.15, 0.2) is 30.6 Å². The number of nitrogens with zero attached hydrogens (tertiary/aromatic N) is 7. The molecule has 0 bridgehead atoms. The Labute approximate surface area is 187 Å². The summed E-state index contributed by atoms with van der Waals surface area (Å²) in [7, 11) is 0. The molecule has 0 unspecified atom stereocenters. The van der Waals surface area contributed by atoms with Crippen molar-refractivity contribution in [1.29, 1.82) is 5.26 Å². The van der Waals surface area contributed by atoms with E-state index in [9.17, 15) is 4.79 Å². The van der Waals surface area contributed by atoms with Crippen molar-refractivity contribution < 1.29 is 4.79 Å². The molecule has 32 heavy (non-hydrogen) atoms. The van der Waals surface area contributed by atoms with E-state index in [1.165, 1.54) is 12.6 Å². The minimum absolute atomic E-state index is 0.106. The second-order valence-electron chi connectivity index (χ2n) is 9.01. The Kier molecular flexibility index (Phi) is 5.25. The molecule has 2 fully saturated rings. The number of piperidine rings is 1. The number of likely N-dealkylation sites (tertiary alicyclic amines) is 1. The molecule has 2 aliphatic rings. The molecule has 5 heterocycles. The Morgan fingerprint density at radius 3 is 2.81 bits per heavy atom. The Balaban J connectivity index is 1.45. The van der Waals surface area contributed by atoms with Crippen LogP contribution < -0.4 is 4.90 Å². The lowest BCUT2D eigenvalue weighted by Crippen LogP contribution is -2.39. The van der Waals surface area contributed by atoms with Gasteiger partial charge < -0.3 is 9.80 Å². The summed E-state index contributed by atoms with van der Waals surface area (Å²) in [5.74, 6) is 1.60. The molecular formula is C24H27N7O. The predicted molar refractivity (Wildman–Crippen MR) is 120 cm³/mol. The van der Waals surface area contributed by atoms with E-state index >= 15 is 0 Å². The fourth-order valence-corrected chi connectivity index (χ4v) is 4.85. The lowest BCUT2D eigenvalue weighted by Gasteiger charge is -2.34. The fraction of sp³-hybridized carbons (Fsp3) is 0.458. The highest BCUT2D eigenvalue weighted by Gasteiger charge is 2.31. The van der Waals surface area contributed by atoms with Crippen molar-refractivity contribution in [1.82, 2.24) is 24.5 Å². The number of aryl methyl sites for hydroxylation is 1. The molecule has 8 heteroatoms. The Hall–Kier alpha value is -3.47. The number of carbonyl (C=O) groups excluding carboxylic acids is 1. The minimum Gasteiger partial charge on any atom is -0.356 e. The highest BCUT2D eigenvalue weighted by Crippen LogP contribution is 2.32. The first-order valence-electron chi connectivity index (χ1n) is 11.3. The van der Waals surface area contributed by atoms with Gasteiger partial charge in [-0.25, -0.2) is 14.5 Å². The van der Waals surface area contributed by atoms with Crippen molar-refractivity contribution in [2.75, 3.05) is 24.5 Å². The topological polar surface area (TPSA) is 90.4 Å². The highest BCUT2D eigenvalue weighted by atomic mass is 16.2. The smallest absolute Gasteiger partial charge is 0.273 e. The number of nitriles is 1. The summed E-state index contributed by atoms with van der Waals surface area (Å²) in [6.45, 7) is 7.10. The van der Waals surface area contributed by atoms with Gasteiger partial charge in [0.2, 0.25) is 0 Å². The van der Waals surface area contributed by atoms with Crippen molar-refractivity contribution >= 4 is 17.4 Å². The molecule has 5 rings (SSSR count). The fourth-order valence-electron chi connectivity index (χ4n) is 4.85. The van der Waals surface area contributed by atoms with E-state index in [2.05, 4.69) is 23.7 Å². The Morgan fingerprint density at radius 1 is 1.22 bits per heavy atom. The van der Waals surface area contributed by atoms with E-state index in [1.807, 2.05) is 27.7 Å². The Morgan fingerprint density at radius 2 is 2.09 bits per heavy atom. The number of hydrogen-bond donors (Lipinski definition) is 0. The Bertz CT molecular complexity index is 1190. The van der Waals surface area contributed by atoms with Crippen LogP contribution in [-0.2, 0) is 0 Å². The van der Waals surface area contributed by atoms with Gasteiger partial charge in [0.15, 0.2) is 5.65 Å². The summed E-state index contributed by atoms with van der Waals surface area (Å²) in [6.07, 6.45) is 7.56. The molecule has 0 aliphatic carbocycles. The molecule has 0 saturated carbocycles. The van der Waals surface area contributed by atoms with Crippen molar-refractivity contribution in [3.05, 3.63) is 53.1 Å². The van der Waals surface area contributed by atoms with Gasteiger partial charge in [-0.2, -0.15) is 10.4 Å². The number of aromatic nitrogens is 4. The maximum atomic E-state index is 13.2. The van der Waals surface area contributed by atoms with Crippen LogP contribution in [0.1, 0.15) is 66.0 Å². The van der Waals surface area contributed by atoms with Gasteiger partial charge in [-0.05, 0) is 50.7 Å². The van der Waals surface area contributed by atoms with Crippen LogP contribution in [0.5, 0.6) is 0 Å². The van der Waals surface area contributed by atoms with Crippen molar-refractivity contribution in [2.45, 2.75) is 45.6 Å². The molecule has 0 spiro atoms. The van der Waals surface area contributed by atoms with E-state index in [1.54, 1.807) is 12.1 Å². The molecule has 0 radical (unpaired) electrons. The zero-order chi connectivity index (χ0) is 22.2. The quantitative estimate of drug-likeness (QED) is 0.633. The number of pyridine rings is 1. The van der Waals surface area contributed by atoms with Crippen LogP contribution in [0.3, 0.4) is 0 Å². The van der Waals surface area contributed by atoms with E-state index in [0.717, 1.165) is 55.1 Å². The average Bonchev–Trinajstić information content (AvgIpc) is 3.43. The third kappa shape index (κ3) is 3.68. The average molecular weight is 430 g/mol. The van der Waals surface area contributed by atoms with Gasteiger partial charge in [0.25, 0.3) is 5.91 Å². The number of rotatable bonds is 3. The molecule has 0 aromatic carbocycles. The van der Waals surface area contributed by atoms with Gasteiger partial charge >= 0.3 is 0 Å². The summed E-state index contributed by atoms with van der Waals surface area (Å²) in [6, 6.07) is 7.22. The molecule has 3 aromatic heterocycles. The molecule has 2 atom stereocenters. The number of anilines is 1. The van der Waals surface area contributed by atoms with Gasteiger partial charge in [-0.15, -0.1) is 0 Å². The zero-order valence-corrected chi connectivity index (χ0v) is 18.5. The molecular weight excluding hydrogens is 402 g/mol. The molecule has 3 aromatic rings. The molecule has 164 valence electrons. The second kappa shape index (κ2) is 8.23. The number of hydrogen-bond acceptors (Lipinski definition) is 6. The van der Waals surface area contributed by atoms with Gasteiger partial charge in [0.1, 0.15) is 17.6 Å². The number of amides is 1. The SMILES string of the molecule is Cc1cn2nc([C@@H]3CCCCN3C(=O)c3ccc(C#N)cn3)cc2nc1N1CC[C@H](C)C1. The highest BCUT2D eigenvalue weighted by molar-refractivity contribution is 5.92. The predicted octanol–water partition coefficient (Wildman–Crippen LogP) is 3.52. The van der Waals surface area contributed by atoms with Crippen LogP contribution in [-0.4, -0.2) is 50.0 Å². The summed E-state index contributed by atoms with van der Waals surface area (Å²) >= 11 is 0. The normalized spacial score (nSPS) is 21.2. The van der Waals surface area contributed by atoms with E-state index in [0.29, 0.717) is 23.7 Å². The maximum Gasteiger partial charge on any atom is 0.273 e. The standard InChI is InChI=1S/C24H27N7O/c1-16-8-10-29(14-16)23-17(2)15-31-22(27-23)11-20(28-31)21-5-3-4-9-30(21)24(32)19-7-6-18(12-25)13-26-19/h6-7,11,13,15-16,21H,3-5,8-10,14H2,1-2H3/t16-,21-/m0/s1. The molecule has 8 nitrogen and oxygen atoms in total. The number of fused-ring (bicyclic) bond motifs is 1. The lowest BCUT2D eigenvalue weighted by molar-refractivity contribution is 0.0599. The first-order chi connectivity index (χ1) is 15.5. The van der Waals surface area contributed by atoms with E-state index < -0.39 is 0 Å². The van der Waals surface area contributed by atoms with Crippen LogP contribution in [0.2, 0.25) is 0 Å². The van der Waals surface area contributed by atoms with E-state index in [4.69, 9.17) is 15.3 Å². The summed E-state index contributed by atoms with van der Waals surface area (Å²) < 4.78 is 1.84. The maximum absolute atomic E-state index is 13.2. The third-order valence-electron chi connectivity index (χ3n) is 6.56. The van der Waals surface area contributed by atoms with Crippen molar-refractivity contribution in [2.24, 2.45) is 5.92 Å². The largest absolute Gasteiger partial charge is 0.356 e. The van der Waals surface area contributed by atoms with Crippen LogP contribution in [0.25, 0.3) is 5.65 Å². The van der Waals surface area contributed by atoms with Gasteiger partial charge in [0.05, 0.1) is 17.3 Å².